The molecule has 0 aromatic heterocycles. The molecule has 94 valence electrons. The molecule has 18 heavy (non-hydrogen) atoms. The Morgan fingerprint density at radius 2 is 1.56 bits per heavy atom. The van der Waals surface area contributed by atoms with Crippen molar-refractivity contribution in [1.82, 2.24) is 0 Å². The van der Waals surface area contributed by atoms with E-state index < -0.39 is 0 Å². The van der Waals surface area contributed by atoms with Crippen molar-refractivity contribution in [3.05, 3.63) is 48.0 Å². The van der Waals surface area contributed by atoms with Gasteiger partial charge in [0.1, 0.15) is 11.5 Å². The van der Waals surface area contributed by atoms with Crippen LogP contribution in [0, 0.1) is 0 Å². The van der Waals surface area contributed by atoms with E-state index in [1.807, 2.05) is 42.5 Å². The third-order valence-corrected chi connectivity index (χ3v) is 2.85. The van der Waals surface area contributed by atoms with Crippen LogP contribution in [-0.4, -0.2) is 19.3 Å². The smallest absolute Gasteiger partial charge is 0.123 e. The quantitative estimate of drug-likeness (QED) is 0.898. The van der Waals surface area contributed by atoms with E-state index in [-0.39, 0.29) is 6.61 Å². The van der Waals surface area contributed by atoms with Crippen molar-refractivity contribution >= 4 is 0 Å². The molecule has 0 amide bonds. The average molecular weight is 244 g/mol. The number of benzene rings is 2. The van der Waals surface area contributed by atoms with Crippen LogP contribution in [0.25, 0.3) is 11.1 Å². The predicted octanol–water partition coefficient (Wildman–Crippen LogP) is 2.86. The minimum atomic E-state index is 0.00962. The maximum Gasteiger partial charge on any atom is 0.123 e. The van der Waals surface area contributed by atoms with E-state index in [1.165, 1.54) is 0 Å². The predicted molar refractivity (Wildman–Crippen MR) is 70.9 cm³/mol. The zero-order valence-electron chi connectivity index (χ0n) is 10.5. The van der Waals surface area contributed by atoms with E-state index in [4.69, 9.17) is 9.47 Å². The second-order valence-corrected chi connectivity index (χ2v) is 3.92. The van der Waals surface area contributed by atoms with Gasteiger partial charge in [-0.1, -0.05) is 24.3 Å². The first-order chi connectivity index (χ1) is 8.78. The van der Waals surface area contributed by atoms with Gasteiger partial charge >= 0.3 is 0 Å². The molecule has 0 bridgehead atoms. The van der Waals surface area contributed by atoms with E-state index >= 15 is 0 Å². The second kappa shape index (κ2) is 5.56. The summed E-state index contributed by atoms with van der Waals surface area (Å²) < 4.78 is 10.5. The summed E-state index contributed by atoms with van der Waals surface area (Å²) in [7, 11) is 3.24. The Kier molecular flexibility index (Phi) is 3.85. The number of methoxy groups -OCH3 is 2. The molecule has 0 aliphatic rings. The summed E-state index contributed by atoms with van der Waals surface area (Å²) in [4.78, 5) is 0. The largest absolute Gasteiger partial charge is 0.497 e. The Labute approximate surface area is 107 Å². The van der Waals surface area contributed by atoms with Crippen LogP contribution >= 0.6 is 0 Å². The van der Waals surface area contributed by atoms with Gasteiger partial charge in [-0.15, -0.1) is 0 Å². The van der Waals surface area contributed by atoms with Gasteiger partial charge in [0, 0.05) is 6.07 Å². The molecule has 0 heterocycles. The maximum absolute atomic E-state index is 9.37. The van der Waals surface area contributed by atoms with Crippen LogP contribution in [0.2, 0.25) is 0 Å². The summed E-state index contributed by atoms with van der Waals surface area (Å²) in [5, 5.41) is 9.37. The minimum absolute atomic E-state index is 0.00962. The van der Waals surface area contributed by atoms with Crippen LogP contribution in [-0.2, 0) is 6.61 Å². The van der Waals surface area contributed by atoms with Gasteiger partial charge in [0.2, 0.25) is 0 Å². The van der Waals surface area contributed by atoms with Crippen molar-refractivity contribution in [2.45, 2.75) is 6.61 Å². The first-order valence-corrected chi connectivity index (χ1v) is 5.70. The normalized spacial score (nSPS) is 10.2. The summed E-state index contributed by atoms with van der Waals surface area (Å²) in [5.74, 6) is 1.47. The third-order valence-electron chi connectivity index (χ3n) is 2.85. The summed E-state index contributed by atoms with van der Waals surface area (Å²) in [6, 6.07) is 13.4. The number of aliphatic hydroxyl groups is 1. The molecule has 0 unspecified atom stereocenters. The molecule has 2 aromatic carbocycles. The molecule has 1 N–H and O–H groups in total. The van der Waals surface area contributed by atoms with Crippen LogP contribution in [0.1, 0.15) is 5.56 Å². The number of aliphatic hydroxyl groups excluding tert-OH is 1. The Morgan fingerprint density at radius 1 is 0.944 bits per heavy atom. The van der Waals surface area contributed by atoms with Crippen molar-refractivity contribution in [2.75, 3.05) is 14.2 Å². The fourth-order valence-corrected chi connectivity index (χ4v) is 1.90. The highest BCUT2D eigenvalue weighted by Crippen LogP contribution is 2.31. The molecule has 0 saturated heterocycles. The molecular formula is C15H16O3. The standard InChI is InChI=1S/C15H16O3/c1-17-13-7-12(8-14(9-13)18-2)15-6-4-3-5-11(15)10-16/h3-9,16H,10H2,1-2H3. The summed E-state index contributed by atoms with van der Waals surface area (Å²) in [6.07, 6.45) is 0. The number of hydrogen-bond donors (Lipinski definition) is 1. The van der Waals surface area contributed by atoms with Gasteiger partial charge in [0.15, 0.2) is 0 Å². The Morgan fingerprint density at radius 3 is 2.11 bits per heavy atom. The van der Waals surface area contributed by atoms with E-state index in [9.17, 15) is 5.11 Å². The maximum atomic E-state index is 9.37. The molecule has 0 saturated carbocycles. The lowest BCUT2D eigenvalue weighted by Crippen LogP contribution is -1.92. The molecule has 0 atom stereocenters. The second-order valence-electron chi connectivity index (χ2n) is 3.92. The van der Waals surface area contributed by atoms with Crippen molar-refractivity contribution in [3.8, 4) is 22.6 Å². The molecular weight excluding hydrogens is 228 g/mol. The summed E-state index contributed by atoms with van der Waals surface area (Å²) in [6.45, 7) is 0.00962. The minimum Gasteiger partial charge on any atom is -0.497 e. The first kappa shape index (κ1) is 12.5. The van der Waals surface area contributed by atoms with Gasteiger partial charge in [0.25, 0.3) is 0 Å². The topological polar surface area (TPSA) is 38.7 Å². The molecule has 0 spiro atoms. The third kappa shape index (κ3) is 2.46. The van der Waals surface area contributed by atoms with E-state index in [0.29, 0.717) is 0 Å². The number of ether oxygens (including phenoxy) is 2. The molecule has 0 fully saturated rings. The number of hydrogen-bond acceptors (Lipinski definition) is 3. The molecule has 0 radical (unpaired) electrons. The molecule has 0 aliphatic carbocycles. The molecule has 0 aliphatic heterocycles. The zero-order valence-corrected chi connectivity index (χ0v) is 10.5. The lowest BCUT2D eigenvalue weighted by atomic mass is 9.99. The van der Waals surface area contributed by atoms with Gasteiger partial charge in [0.05, 0.1) is 20.8 Å². The van der Waals surface area contributed by atoms with Crippen molar-refractivity contribution in [1.29, 1.82) is 0 Å². The van der Waals surface area contributed by atoms with Gasteiger partial charge in [-0.25, -0.2) is 0 Å². The van der Waals surface area contributed by atoms with E-state index in [2.05, 4.69) is 0 Å². The SMILES string of the molecule is COc1cc(OC)cc(-c2ccccc2CO)c1. The average Bonchev–Trinajstić information content (AvgIpc) is 2.46. The van der Waals surface area contributed by atoms with Gasteiger partial charge < -0.3 is 14.6 Å². The highest BCUT2D eigenvalue weighted by atomic mass is 16.5. The van der Waals surface area contributed by atoms with Crippen molar-refractivity contribution in [2.24, 2.45) is 0 Å². The highest BCUT2D eigenvalue weighted by Gasteiger charge is 2.07. The first-order valence-electron chi connectivity index (χ1n) is 5.70. The monoisotopic (exact) mass is 244 g/mol. The van der Waals surface area contributed by atoms with Gasteiger partial charge in [-0.2, -0.15) is 0 Å². The number of rotatable bonds is 4. The fourth-order valence-electron chi connectivity index (χ4n) is 1.90. The molecule has 3 heteroatoms. The van der Waals surface area contributed by atoms with Crippen LogP contribution < -0.4 is 9.47 Å². The Balaban J connectivity index is 2.55. The summed E-state index contributed by atoms with van der Waals surface area (Å²) in [5.41, 5.74) is 2.83. The lowest BCUT2D eigenvalue weighted by Gasteiger charge is -2.11. The molecule has 3 nitrogen and oxygen atoms in total. The summed E-state index contributed by atoms with van der Waals surface area (Å²) >= 11 is 0. The molecule has 2 rings (SSSR count). The van der Waals surface area contributed by atoms with Crippen LogP contribution in [0.4, 0.5) is 0 Å². The van der Waals surface area contributed by atoms with Crippen molar-refractivity contribution < 1.29 is 14.6 Å². The van der Waals surface area contributed by atoms with Crippen LogP contribution in [0.5, 0.6) is 11.5 Å². The van der Waals surface area contributed by atoms with Crippen LogP contribution in [0.3, 0.4) is 0 Å². The lowest BCUT2D eigenvalue weighted by molar-refractivity contribution is 0.282. The van der Waals surface area contributed by atoms with Gasteiger partial charge in [-0.3, -0.25) is 0 Å². The van der Waals surface area contributed by atoms with Gasteiger partial charge in [-0.05, 0) is 28.8 Å². The zero-order chi connectivity index (χ0) is 13.0. The Hall–Kier alpha value is -2.00. The van der Waals surface area contributed by atoms with Crippen molar-refractivity contribution in [3.63, 3.8) is 0 Å². The van der Waals surface area contributed by atoms with Crippen LogP contribution in [0.15, 0.2) is 42.5 Å². The fraction of sp³-hybridized carbons (Fsp3) is 0.200. The molecule has 2 aromatic rings. The highest BCUT2D eigenvalue weighted by molar-refractivity contribution is 5.70. The van der Waals surface area contributed by atoms with E-state index in [1.54, 1.807) is 14.2 Å². The Bertz CT molecular complexity index is 513. The van der Waals surface area contributed by atoms with E-state index in [0.717, 1.165) is 28.2 Å².